The summed E-state index contributed by atoms with van der Waals surface area (Å²) in [6.07, 6.45) is -0.862. The molecule has 106 valence electrons. The molecule has 0 spiro atoms. The lowest BCUT2D eigenvalue weighted by Crippen LogP contribution is -2.16. The first-order chi connectivity index (χ1) is 9.56. The topological polar surface area (TPSA) is 85.8 Å². The van der Waals surface area contributed by atoms with Gasteiger partial charge in [-0.15, -0.1) is 0 Å². The minimum absolute atomic E-state index is 0.161. The number of anilines is 1. The maximum Gasteiger partial charge on any atom is 0.295 e. The molecule has 7 nitrogen and oxygen atoms in total. The van der Waals surface area contributed by atoms with Gasteiger partial charge in [-0.05, 0) is 36.3 Å². The number of furan rings is 1. The smallest absolute Gasteiger partial charge is 0.295 e. The Morgan fingerprint density at radius 1 is 1.55 bits per heavy atom. The van der Waals surface area contributed by atoms with Gasteiger partial charge in [0.05, 0.1) is 6.04 Å². The van der Waals surface area contributed by atoms with Crippen LogP contribution in [0.15, 0.2) is 10.5 Å². The first-order valence-electron chi connectivity index (χ1n) is 6.04. The summed E-state index contributed by atoms with van der Waals surface area (Å²) in [6.45, 7) is 1.52. The van der Waals surface area contributed by atoms with E-state index in [-0.39, 0.29) is 17.8 Å². The molecule has 1 aliphatic rings. The number of halogens is 2. The molecule has 0 bridgehead atoms. The number of hydrogen-bond donors (Lipinski definition) is 1. The number of amides is 1. The third kappa shape index (κ3) is 2.26. The molecular formula is C11H11F2N5O2. The minimum Gasteiger partial charge on any atom is -0.450 e. The van der Waals surface area contributed by atoms with Crippen LogP contribution in [0.3, 0.4) is 0 Å². The molecule has 1 aliphatic carbocycles. The van der Waals surface area contributed by atoms with Crippen LogP contribution >= 0.6 is 0 Å². The highest BCUT2D eigenvalue weighted by Crippen LogP contribution is 2.35. The summed E-state index contributed by atoms with van der Waals surface area (Å²) in [6, 6.07) is 1.33. The predicted molar refractivity (Wildman–Crippen MR) is 62.4 cm³/mol. The van der Waals surface area contributed by atoms with Crippen molar-refractivity contribution in [2.45, 2.75) is 32.2 Å². The summed E-state index contributed by atoms with van der Waals surface area (Å²) in [5.74, 6) is -1.15. The van der Waals surface area contributed by atoms with Crippen molar-refractivity contribution in [2.24, 2.45) is 0 Å². The molecule has 9 heteroatoms. The molecule has 0 unspecified atom stereocenters. The van der Waals surface area contributed by atoms with Gasteiger partial charge in [-0.25, -0.2) is 13.5 Å². The number of nitrogens with one attached hydrogen (secondary N) is 1. The molecule has 0 aliphatic heterocycles. The number of hydrogen-bond acceptors (Lipinski definition) is 5. The highest BCUT2D eigenvalue weighted by Gasteiger charge is 2.29. The SMILES string of the molecule is Cc1cc(C(F)F)oc1C(=O)Nc1nnnn1C1CC1. The number of aromatic nitrogens is 4. The normalized spacial score (nSPS) is 14.8. The van der Waals surface area contributed by atoms with Crippen molar-refractivity contribution in [1.29, 1.82) is 0 Å². The van der Waals surface area contributed by atoms with E-state index in [4.69, 9.17) is 4.42 Å². The number of carbonyl (C=O) groups excluding carboxylic acids is 1. The molecular weight excluding hydrogens is 272 g/mol. The number of tetrazole rings is 1. The van der Waals surface area contributed by atoms with Crippen LogP contribution in [0.1, 0.15) is 47.2 Å². The van der Waals surface area contributed by atoms with Crippen molar-refractivity contribution in [3.63, 3.8) is 0 Å². The first kappa shape index (κ1) is 12.7. The number of aryl methyl sites for hydroxylation is 1. The zero-order chi connectivity index (χ0) is 14.3. The Kier molecular flexibility index (Phi) is 2.96. The van der Waals surface area contributed by atoms with E-state index in [2.05, 4.69) is 20.8 Å². The van der Waals surface area contributed by atoms with Crippen LogP contribution in [-0.2, 0) is 0 Å². The second-order valence-electron chi connectivity index (χ2n) is 4.59. The summed E-state index contributed by atoms with van der Waals surface area (Å²) >= 11 is 0. The highest BCUT2D eigenvalue weighted by atomic mass is 19.3. The summed E-state index contributed by atoms with van der Waals surface area (Å²) < 4.78 is 31.4. The van der Waals surface area contributed by atoms with Gasteiger partial charge in [-0.2, -0.15) is 0 Å². The Morgan fingerprint density at radius 3 is 2.90 bits per heavy atom. The van der Waals surface area contributed by atoms with Crippen molar-refractivity contribution in [3.8, 4) is 0 Å². The Bertz CT molecular complexity index is 647. The lowest BCUT2D eigenvalue weighted by molar-refractivity contribution is 0.0962. The summed E-state index contributed by atoms with van der Waals surface area (Å²) in [7, 11) is 0. The fourth-order valence-electron chi connectivity index (χ4n) is 1.84. The molecule has 0 aromatic carbocycles. The molecule has 0 atom stereocenters. The number of alkyl halides is 2. The van der Waals surface area contributed by atoms with E-state index in [1.54, 1.807) is 0 Å². The lowest BCUT2D eigenvalue weighted by Gasteiger charge is -2.03. The van der Waals surface area contributed by atoms with E-state index in [9.17, 15) is 13.6 Å². The van der Waals surface area contributed by atoms with Crippen LogP contribution < -0.4 is 5.32 Å². The van der Waals surface area contributed by atoms with Gasteiger partial charge < -0.3 is 4.42 Å². The zero-order valence-corrected chi connectivity index (χ0v) is 10.5. The molecule has 2 heterocycles. The van der Waals surface area contributed by atoms with E-state index < -0.39 is 18.1 Å². The van der Waals surface area contributed by atoms with Crippen LogP contribution in [0.5, 0.6) is 0 Å². The van der Waals surface area contributed by atoms with Gasteiger partial charge in [0.25, 0.3) is 12.3 Å². The molecule has 0 radical (unpaired) electrons. The predicted octanol–water partition coefficient (Wildman–Crippen LogP) is 2.10. The van der Waals surface area contributed by atoms with Gasteiger partial charge in [-0.3, -0.25) is 10.1 Å². The van der Waals surface area contributed by atoms with Gasteiger partial charge in [0.15, 0.2) is 11.5 Å². The average molecular weight is 283 g/mol. The largest absolute Gasteiger partial charge is 0.450 e. The van der Waals surface area contributed by atoms with Crippen molar-refractivity contribution >= 4 is 11.9 Å². The fourth-order valence-corrected chi connectivity index (χ4v) is 1.84. The Morgan fingerprint density at radius 2 is 2.30 bits per heavy atom. The first-order valence-corrected chi connectivity index (χ1v) is 6.04. The maximum absolute atomic E-state index is 12.5. The van der Waals surface area contributed by atoms with Gasteiger partial charge in [0, 0.05) is 5.56 Å². The minimum atomic E-state index is -2.76. The summed E-state index contributed by atoms with van der Waals surface area (Å²) in [4.78, 5) is 12.0. The lowest BCUT2D eigenvalue weighted by atomic mass is 10.2. The highest BCUT2D eigenvalue weighted by molar-refractivity contribution is 6.02. The molecule has 0 saturated heterocycles. The monoisotopic (exact) mass is 283 g/mol. The van der Waals surface area contributed by atoms with Crippen LogP contribution in [0.4, 0.5) is 14.7 Å². The van der Waals surface area contributed by atoms with Crippen LogP contribution in [-0.4, -0.2) is 26.1 Å². The third-order valence-electron chi connectivity index (χ3n) is 2.97. The maximum atomic E-state index is 12.5. The number of nitrogens with zero attached hydrogens (tertiary/aromatic N) is 4. The molecule has 3 rings (SSSR count). The van der Waals surface area contributed by atoms with Crippen molar-refractivity contribution < 1.29 is 18.0 Å². The quantitative estimate of drug-likeness (QED) is 0.928. The van der Waals surface area contributed by atoms with E-state index in [0.717, 1.165) is 18.9 Å². The second-order valence-corrected chi connectivity index (χ2v) is 4.59. The van der Waals surface area contributed by atoms with E-state index in [1.165, 1.54) is 11.6 Å². The molecule has 20 heavy (non-hydrogen) atoms. The fraction of sp³-hybridized carbons (Fsp3) is 0.455. The molecule has 1 amide bonds. The van der Waals surface area contributed by atoms with E-state index >= 15 is 0 Å². The Hall–Kier alpha value is -2.32. The third-order valence-corrected chi connectivity index (χ3v) is 2.97. The van der Waals surface area contributed by atoms with Crippen LogP contribution in [0, 0.1) is 6.92 Å². The number of rotatable bonds is 4. The molecule has 2 aromatic rings. The van der Waals surface area contributed by atoms with Gasteiger partial charge >= 0.3 is 0 Å². The van der Waals surface area contributed by atoms with Gasteiger partial charge in [0.1, 0.15) is 0 Å². The molecule has 1 saturated carbocycles. The Balaban J connectivity index is 1.80. The summed E-state index contributed by atoms with van der Waals surface area (Å²) in [5.41, 5.74) is 0.336. The second kappa shape index (κ2) is 4.66. The van der Waals surface area contributed by atoms with Gasteiger partial charge in [-0.1, -0.05) is 5.10 Å². The zero-order valence-electron chi connectivity index (χ0n) is 10.5. The van der Waals surface area contributed by atoms with E-state index in [0.29, 0.717) is 5.56 Å². The number of carbonyl (C=O) groups is 1. The molecule has 1 N–H and O–H groups in total. The van der Waals surface area contributed by atoms with Crippen molar-refractivity contribution in [3.05, 3.63) is 23.2 Å². The molecule has 1 fully saturated rings. The van der Waals surface area contributed by atoms with Crippen molar-refractivity contribution in [1.82, 2.24) is 20.2 Å². The van der Waals surface area contributed by atoms with E-state index in [1.807, 2.05) is 0 Å². The van der Waals surface area contributed by atoms with Gasteiger partial charge in [0.2, 0.25) is 5.95 Å². The Labute approximate surface area is 111 Å². The van der Waals surface area contributed by atoms with Crippen molar-refractivity contribution in [2.75, 3.05) is 5.32 Å². The summed E-state index contributed by atoms with van der Waals surface area (Å²) in [5, 5.41) is 13.4. The van der Waals surface area contributed by atoms with Crippen LogP contribution in [0.2, 0.25) is 0 Å². The van der Waals surface area contributed by atoms with Crippen LogP contribution in [0.25, 0.3) is 0 Å². The standard InChI is InChI=1S/C11H11F2N5O2/c1-5-4-7(9(12)13)20-8(5)10(19)14-11-15-16-17-18(11)6-2-3-6/h4,6,9H,2-3H2,1H3,(H,14,15,17,19). The average Bonchev–Trinajstić information content (AvgIpc) is 3.00. The molecule has 2 aromatic heterocycles.